The summed E-state index contributed by atoms with van der Waals surface area (Å²) in [5, 5.41) is 4.10. The monoisotopic (exact) mass is 417 g/mol. The molecule has 0 aliphatic carbocycles. The number of nitrogens with one attached hydrogen (secondary N) is 1. The number of para-hydroxylation sites is 1. The highest BCUT2D eigenvalue weighted by atomic mass is 79.9. The van der Waals surface area contributed by atoms with Crippen molar-refractivity contribution >= 4 is 54.8 Å². The van der Waals surface area contributed by atoms with Gasteiger partial charge in [0, 0.05) is 29.2 Å². The number of pyridine rings is 1. The van der Waals surface area contributed by atoms with Gasteiger partial charge in [-0.25, -0.2) is 0 Å². The molecule has 0 fully saturated rings. The van der Waals surface area contributed by atoms with Crippen LogP contribution in [0.25, 0.3) is 0 Å². The first-order chi connectivity index (χ1) is 9.49. The van der Waals surface area contributed by atoms with Crippen molar-refractivity contribution in [2.75, 3.05) is 24.3 Å². The Morgan fingerprint density at radius 3 is 2.70 bits per heavy atom. The molecule has 0 radical (unpaired) electrons. The number of hydrogen-bond acceptors (Lipinski definition) is 3. The van der Waals surface area contributed by atoms with Gasteiger partial charge in [0.1, 0.15) is 0 Å². The molecule has 20 heavy (non-hydrogen) atoms. The molecule has 1 N–H and O–H groups in total. The van der Waals surface area contributed by atoms with Crippen LogP contribution in [-0.2, 0) is 6.54 Å². The lowest BCUT2D eigenvalue weighted by Gasteiger charge is -2.20. The van der Waals surface area contributed by atoms with Crippen LogP contribution in [0.2, 0.25) is 5.02 Å². The highest BCUT2D eigenvalue weighted by Crippen LogP contribution is 2.33. The van der Waals surface area contributed by atoms with Crippen LogP contribution in [0.3, 0.4) is 0 Å². The third-order valence-corrected chi connectivity index (χ3v) is 4.19. The zero-order valence-corrected chi connectivity index (χ0v) is 15.1. The van der Waals surface area contributed by atoms with Gasteiger partial charge in [-0.05, 0) is 50.1 Å². The van der Waals surface area contributed by atoms with Crippen molar-refractivity contribution < 1.29 is 0 Å². The molecule has 6 heteroatoms. The molecule has 0 amide bonds. The number of benzene rings is 1. The first-order valence-electron chi connectivity index (χ1n) is 5.98. The predicted octanol–water partition coefficient (Wildman–Crippen LogP) is 4.94. The Bertz CT molecular complexity index is 617. The highest BCUT2D eigenvalue weighted by Gasteiger charge is 2.10. The van der Waals surface area contributed by atoms with Gasteiger partial charge in [0.15, 0.2) is 0 Å². The molecule has 1 aromatic heterocycles. The van der Waals surface area contributed by atoms with Gasteiger partial charge in [0.05, 0.1) is 28.6 Å². The third-order valence-electron chi connectivity index (χ3n) is 2.76. The zero-order chi connectivity index (χ0) is 14.7. The van der Waals surface area contributed by atoms with Gasteiger partial charge in [-0.3, -0.25) is 4.98 Å². The average Bonchev–Trinajstić information content (AvgIpc) is 2.37. The third kappa shape index (κ3) is 3.65. The molecule has 0 spiro atoms. The molecule has 0 unspecified atom stereocenters. The van der Waals surface area contributed by atoms with Gasteiger partial charge in [-0.2, -0.15) is 0 Å². The van der Waals surface area contributed by atoms with Gasteiger partial charge in [-0.15, -0.1) is 0 Å². The van der Waals surface area contributed by atoms with Crippen LogP contribution in [0.15, 0.2) is 39.4 Å². The Hall–Kier alpha value is -0.780. The van der Waals surface area contributed by atoms with Gasteiger partial charge in [-0.1, -0.05) is 17.7 Å². The Kier molecular flexibility index (Phi) is 5.29. The first kappa shape index (κ1) is 15.6. The maximum Gasteiger partial charge on any atom is 0.0786 e. The molecule has 1 aromatic carbocycles. The highest BCUT2D eigenvalue weighted by molar-refractivity contribution is 9.11. The molecule has 0 bridgehead atoms. The van der Waals surface area contributed by atoms with E-state index in [2.05, 4.69) is 42.2 Å². The zero-order valence-electron chi connectivity index (χ0n) is 11.1. The molecule has 0 aliphatic rings. The standard InChI is InChI=1S/C14H14Br2ClN3/c1-20(2)14-11(17)4-3-5-12(14)19-8-13-10(16)6-9(15)7-18-13/h3-7,19H,8H2,1-2H3. The van der Waals surface area contributed by atoms with Crippen molar-refractivity contribution in [1.82, 2.24) is 4.98 Å². The summed E-state index contributed by atoms with van der Waals surface area (Å²) < 4.78 is 1.91. The van der Waals surface area contributed by atoms with Crippen molar-refractivity contribution in [2.45, 2.75) is 6.54 Å². The van der Waals surface area contributed by atoms with Crippen molar-refractivity contribution in [2.24, 2.45) is 0 Å². The van der Waals surface area contributed by atoms with Crippen molar-refractivity contribution in [3.63, 3.8) is 0 Å². The van der Waals surface area contributed by atoms with Crippen molar-refractivity contribution in [3.8, 4) is 0 Å². The molecule has 0 aliphatic heterocycles. The summed E-state index contributed by atoms with van der Waals surface area (Å²) in [6.07, 6.45) is 1.78. The molecule has 1 heterocycles. The van der Waals surface area contributed by atoms with Gasteiger partial charge in [0.2, 0.25) is 0 Å². The molecule has 0 atom stereocenters. The largest absolute Gasteiger partial charge is 0.378 e. The van der Waals surface area contributed by atoms with Crippen molar-refractivity contribution in [3.05, 3.63) is 50.1 Å². The Labute approximate surface area is 140 Å². The number of aromatic nitrogens is 1. The van der Waals surface area contributed by atoms with Crippen LogP contribution < -0.4 is 10.2 Å². The lowest BCUT2D eigenvalue weighted by atomic mass is 10.2. The predicted molar refractivity (Wildman–Crippen MR) is 92.7 cm³/mol. The van der Waals surface area contributed by atoms with Crippen LogP contribution >= 0.6 is 43.5 Å². The van der Waals surface area contributed by atoms with E-state index in [0.29, 0.717) is 6.54 Å². The number of hydrogen-bond donors (Lipinski definition) is 1. The van der Waals surface area contributed by atoms with Crippen molar-refractivity contribution in [1.29, 1.82) is 0 Å². The van der Waals surface area contributed by atoms with E-state index < -0.39 is 0 Å². The summed E-state index contributed by atoms with van der Waals surface area (Å²) in [5.41, 5.74) is 2.90. The van der Waals surface area contributed by atoms with Crippen LogP contribution in [0, 0.1) is 0 Å². The number of rotatable bonds is 4. The van der Waals surface area contributed by atoms with E-state index in [-0.39, 0.29) is 0 Å². The quantitative estimate of drug-likeness (QED) is 0.761. The van der Waals surface area contributed by atoms with Gasteiger partial charge >= 0.3 is 0 Å². The lowest BCUT2D eigenvalue weighted by molar-refractivity contribution is 1.02. The van der Waals surface area contributed by atoms with Crippen LogP contribution in [0.4, 0.5) is 11.4 Å². The summed E-state index contributed by atoms with van der Waals surface area (Å²) >= 11 is 13.2. The SMILES string of the molecule is CN(C)c1c(Cl)cccc1NCc1ncc(Br)cc1Br. The van der Waals surface area contributed by atoms with Crippen LogP contribution in [-0.4, -0.2) is 19.1 Å². The van der Waals surface area contributed by atoms with Gasteiger partial charge < -0.3 is 10.2 Å². The summed E-state index contributed by atoms with van der Waals surface area (Å²) in [6.45, 7) is 0.620. The first-order valence-corrected chi connectivity index (χ1v) is 7.95. The molecule has 2 rings (SSSR count). The lowest BCUT2D eigenvalue weighted by Crippen LogP contribution is -2.13. The maximum atomic E-state index is 6.25. The Morgan fingerprint density at radius 1 is 1.30 bits per heavy atom. The summed E-state index contributed by atoms with van der Waals surface area (Å²) in [4.78, 5) is 6.38. The molecule has 0 saturated heterocycles. The molecule has 2 aromatic rings. The fourth-order valence-corrected chi connectivity index (χ4v) is 3.34. The van der Waals surface area contributed by atoms with Crippen LogP contribution in [0.5, 0.6) is 0 Å². The molecular weight excluding hydrogens is 405 g/mol. The van der Waals surface area contributed by atoms with Crippen LogP contribution in [0.1, 0.15) is 5.69 Å². The van der Waals surface area contributed by atoms with E-state index in [1.165, 1.54) is 0 Å². The second kappa shape index (κ2) is 6.78. The minimum absolute atomic E-state index is 0.620. The topological polar surface area (TPSA) is 28.2 Å². The summed E-state index contributed by atoms with van der Waals surface area (Å²) in [7, 11) is 3.94. The number of anilines is 2. The molecular formula is C14H14Br2ClN3. The number of halogens is 3. The normalized spacial score (nSPS) is 10.4. The van der Waals surface area contributed by atoms with Gasteiger partial charge in [0.25, 0.3) is 0 Å². The minimum Gasteiger partial charge on any atom is -0.378 e. The summed E-state index contributed by atoms with van der Waals surface area (Å²) in [5.74, 6) is 0. The molecule has 0 saturated carbocycles. The van der Waals surface area contributed by atoms with E-state index in [1.807, 2.05) is 43.3 Å². The minimum atomic E-state index is 0.620. The maximum absolute atomic E-state index is 6.25. The molecule has 3 nitrogen and oxygen atoms in total. The molecule has 106 valence electrons. The van der Waals surface area contributed by atoms with E-state index in [1.54, 1.807) is 6.20 Å². The fraction of sp³-hybridized carbons (Fsp3) is 0.214. The van der Waals surface area contributed by atoms with E-state index in [4.69, 9.17) is 11.6 Å². The summed E-state index contributed by atoms with van der Waals surface area (Å²) in [6, 6.07) is 7.81. The smallest absolute Gasteiger partial charge is 0.0786 e. The second-order valence-corrected chi connectivity index (χ2v) is 6.64. The fourth-order valence-electron chi connectivity index (χ4n) is 1.86. The van der Waals surface area contributed by atoms with E-state index in [9.17, 15) is 0 Å². The Balaban J connectivity index is 2.21. The van der Waals surface area contributed by atoms with E-state index >= 15 is 0 Å². The Morgan fingerprint density at radius 2 is 2.05 bits per heavy atom. The second-order valence-electron chi connectivity index (χ2n) is 4.47. The average molecular weight is 420 g/mol. The number of nitrogens with zero attached hydrogens (tertiary/aromatic N) is 2. The van der Waals surface area contributed by atoms with E-state index in [0.717, 1.165) is 31.0 Å².